The lowest BCUT2D eigenvalue weighted by Gasteiger charge is -2.24. The molecule has 30 heavy (non-hydrogen) atoms. The highest BCUT2D eigenvalue weighted by Crippen LogP contribution is 2.22. The predicted octanol–water partition coefficient (Wildman–Crippen LogP) is 3.06. The molecule has 0 saturated heterocycles. The summed E-state index contributed by atoms with van der Waals surface area (Å²) in [4.78, 5) is 20.5. The molecule has 2 heterocycles. The first-order valence-electron chi connectivity index (χ1n) is 10.0. The highest BCUT2D eigenvalue weighted by molar-refractivity contribution is 5.93. The van der Waals surface area contributed by atoms with Crippen LogP contribution in [0, 0.1) is 11.8 Å². The Morgan fingerprint density at radius 1 is 1.17 bits per heavy atom. The molecule has 1 aromatic carbocycles. The lowest BCUT2D eigenvalue weighted by Crippen LogP contribution is -2.27. The Morgan fingerprint density at radius 3 is 2.53 bits per heavy atom. The largest absolute Gasteiger partial charge is 0.460 e. The first kappa shape index (κ1) is 19.6. The van der Waals surface area contributed by atoms with Gasteiger partial charge in [-0.25, -0.2) is 9.97 Å². The Labute approximate surface area is 175 Å². The van der Waals surface area contributed by atoms with E-state index in [-0.39, 0.29) is 17.9 Å². The zero-order chi connectivity index (χ0) is 20.8. The van der Waals surface area contributed by atoms with Crippen molar-refractivity contribution in [2.75, 3.05) is 6.54 Å². The summed E-state index contributed by atoms with van der Waals surface area (Å²) in [6, 6.07) is 8.44. The quantitative estimate of drug-likeness (QED) is 0.619. The number of ether oxygens (including phenoxy) is 1. The molecule has 1 saturated carbocycles. The number of amides is 1. The predicted molar refractivity (Wildman–Crippen MR) is 112 cm³/mol. The summed E-state index contributed by atoms with van der Waals surface area (Å²) < 4.78 is 5.66. The Balaban J connectivity index is 1.30. The molecule has 1 aliphatic rings. The average molecular weight is 401 g/mol. The summed E-state index contributed by atoms with van der Waals surface area (Å²) in [5, 5.41) is 9.34. The van der Waals surface area contributed by atoms with Crippen LogP contribution in [0.1, 0.15) is 59.2 Å². The summed E-state index contributed by atoms with van der Waals surface area (Å²) >= 11 is 0. The normalized spacial score (nSPS) is 14.2. The van der Waals surface area contributed by atoms with E-state index >= 15 is 0 Å². The SMILES string of the molecule is CC(CNC(=O)c1cn[nH]c1)c1ccc(C#Cc2cnc(OC3CCC3)nc2)cc1. The van der Waals surface area contributed by atoms with E-state index in [1.165, 1.54) is 12.6 Å². The molecule has 0 radical (unpaired) electrons. The molecule has 0 spiro atoms. The molecule has 2 aromatic heterocycles. The van der Waals surface area contributed by atoms with Crippen molar-refractivity contribution in [1.29, 1.82) is 0 Å². The summed E-state index contributed by atoms with van der Waals surface area (Å²) in [6.07, 6.45) is 10.1. The second-order valence-corrected chi connectivity index (χ2v) is 7.40. The smallest absolute Gasteiger partial charge is 0.316 e. The second kappa shape index (κ2) is 9.23. The fraction of sp³-hybridized carbons (Fsp3) is 0.304. The molecular formula is C23H23N5O2. The number of benzene rings is 1. The standard InChI is InChI=1S/C23H23N5O2/c1-16(11-24-22(29)20-14-27-28-15-20)19-9-7-17(8-10-19)5-6-18-12-25-23(26-13-18)30-21-3-2-4-21/h7-10,12-16,21H,2-4,11H2,1H3,(H,24,29)(H,27,28). The van der Waals surface area contributed by atoms with Crippen molar-refractivity contribution in [3.63, 3.8) is 0 Å². The monoisotopic (exact) mass is 401 g/mol. The van der Waals surface area contributed by atoms with Crippen LogP contribution in [-0.2, 0) is 0 Å². The van der Waals surface area contributed by atoms with Crippen LogP contribution in [0.25, 0.3) is 0 Å². The number of hydrogen-bond acceptors (Lipinski definition) is 5. The molecule has 1 fully saturated rings. The van der Waals surface area contributed by atoms with Crippen molar-refractivity contribution in [3.8, 4) is 17.9 Å². The van der Waals surface area contributed by atoms with Gasteiger partial charge in [0.05, 0.1) is 17.3 Å². The molecule has 1 unspecified atom stereocenters. The number of nitrogens with one attached hydrogen (secondary N) is 2. The van der Waals surface area contributed by atoms with Crippen LogP contribution in [0.2, 0.25) is 0 Å². The van der Waals surface area contributed by atoms with E-state index in [0.29, 0.717) is 18.1 Å². The van der Waals surface area contributed by atoms with Gasteiger partial charge in [0.1, 0.15) is 6.10 Å². The van der Waals surface area contributed by atoms with Gasteiger partial charge in [0, 0.05) is 30.7 Å². The highest BCUT2D eigenvalue weighted by atomic mass is 16.5. The van der Waals surface area contributed by atoms with Gasteiger partial charge >= 0.3 is 6.01 Å². The number of aromatic amines is 1. The molecule has 0 bridgehead atoms. The van der Waals surface area contributed by atoms with E-state index in [9.17, 15) is 4.79 Å². The van der Waals surface area contributed by atoms with Gasteiger partial charge in [-0.15, -0.1) is 0 Å². The van der Waals surface area contributed by atoms with Crippen LogP contribution in [0.3, 0.4) is 0 Å². The van der Waals surface area contributed by atoms with E-state index in [2.05, 4.69) is 44.2 Å². The fourth-order valence-corrected chi connectivity index (χ4v) is 2.96. The summed E-state index contributed by atoms with van der Waals surface area (Å²) in [7, 11) is 0. The first-order chi connectivity index (χ1) is 14.7. The van der Waals surface area contributed by atoms with Crippen LogP contribution in [0.4, 0.5) is 0 Å². The molecule has 1 atom stereocenters. The zero-order valence-electron chi connectivity index (χ0n) is 16.8. The van der Waals surface area contributed by atoms with Gasteiger partial charge < -0.3 is 10.1 Å². The topological polar surface area (TPSA) is 92.8 Å². The van der Waals surface area contributed by atoms with Crippen molar-refractivity contribution < 1.29 is 9.53 Å². The number of aromatic nitrogens is 4. The highest BCUT2D eigenvalue weighted by Gasteiger charge is 2.19. The molecule has 7 heteroatoms. The number of carbonyl (C=O) groups excluding carboxylic acids is 1. The van der Waals surface area contributed by atoms with E-state index in [1.807, 2.05) is 24.3 Å². The average Bonchev–Trinajstić information content (AvgIpc) is 3.29. The third-order valence-electron chi connectivity index (χ3n) is 5.11. The van der Waals surface area contributed by atoms with Crippen LogP contribution in [0.5, 0.6) is 6.01 Å². The summed E-state index contributed by atoms with van der Waals surface area (Å²) in [5.74, 6) is 6.25. The first-order valence-corrected chi connectivity index (χ1v) is 10.0. The van der Waals surface area contributed by atoms with Crippen molar-refractivity contribution >= 4 is 5.91 Å². The zero-order valence-corrected chi connectivity index (χ0v) is 16.8. The van der Waals surface area contributed by atoms with Crippen LogP contribution >= 0.6 is 0 Å². The van der Waals surface area contributed by atoms with Gasteiger partial charge in [-0.2, -0.15) is 5.10 Å². The van der Waals surface area contributed by atoms with E-state index in [1.54, 1.807) is 18.6 Å². The van der Waals surface area contributed by atoms with E-state index in [4.69, 9.17) is 4.74 Å². The van der Waals surface area contributed by atoms with E-state index < -0.39 is 0 Å². The van der Waals surface area contributed by atoms with Crippen molar-refractivity contribution in [2.45, 2.75) is 38.2 Å². The Morgan fingerprint density at radius 2 is 1.90 bits per heavy atom. The maximum atomic E-state index is 12.0. The summed E-state index contributed by atoms with van der Waals surface area (Å²) in [6.45, 7) is 2.61. The van der Waals surface area contributed by atoms with Gasteiger partial charge in [0.15, 0.2) is 0 Å². The maximum absolute atomic E-state index is 12.0. The number of nitrogens with zero attached hydrogens (tertiary/aromatic N) is 3. The molecule has 2 N–H and O–H groups in total. The van der Waals surface area contributed by atoms with Crippen LogP contribution in [-0.4, -0.2) is 38.7 Å². The van der Waals surface area contributed by atoms with Crippen molar-refractivity contribution in [1.82, 2.24) is 25.5 Å². The minimum absolute atomic E-state index is 0.135. The van der Waals surface area contributed by atoms with Gasteiger partial charge in [0.25, 0.3) is 5.91 Å². The minimum Gasteiger partial charge on any atom is -0.460 e. The summed E-state index contributed by atoms with van der Waals surface area (Å²) in [5.41, 5.74) is 3.31. The molecule has 3 aromatic rings. The van der Waals surface area contributed by atoms with Crippen molar-refractivity contribution in [3.05, 3.63) is 71.3 Å². The molecule has 7 nitrogen and oxygen atoms in total. The molecule has 1 amide bonds. The molecule has 1 aliphatic carbocycles. The number of H-pyrrole nitrogens is 1. The fourth-order valence-electron chi connectivity index (χ4n) is 2.96. The Kier molecular flexibility index (Phi) is 6.04. The Hall–Kier alpha value is -3.66. The maximum Gasteiger partial charge on any atom is 0.316 e. The van der Waals surface area contributed by atoms with Crippen LogP contribution in [0.15, 0.2) is 49.1 Å². The van der Waals surface area contributed by atoms with Crippen LogP contribution < -0.4 is 10.1 Å². The van der Waals surface area contributed by atoms with Crippen molar-refractivity contribution in [2.24, 2.45) is 0 Å². The number of rotatable bonds is 6. The molecule has 152 valence electrons. The minimum atomic E-state index is -0.135. The lowest BCUT2D eigenvalue weighted by molar-refractivity contribution is 0.0951. The number of hydrogen-bond donors (Lipinski definition) is 2. The van der Waals surface area contributed by atoms with Gasteiger partial charge in [-0.05, 0) is 42.9 Å². The second-order valence-electron chi connectivity index (χ2n) is 7.40. The molecular weight excluding hydrogens is 378 g/mol. The number of carbonyl (C=O) groups is 1. The lowest BCUT2D eigenvalue weighted by atomic mass is 9.96. The third kappa shape index (κ3) is 5.03. The van der Waals surface area contributed by atoms with Gasteiger partial charge in [-0.3, -0.25) is 9.89 Å². The van der Waals surface area contributed by atoms with Gasteiger partial charge in [-0.1, -0.05) is 30.9 Å². The Bertz CT molecular complexity index is 1030. The van der Waals surface area contributed by atoms with E-state index in [0.717, 1.165) is 29.5 Å². The molecule has 0 aliphatic heterocycles. The van der Waals surface area contributed by atoms with Gasteiger partial charge in [0.2, 0.25) is 0 Å². The molecule has 4 rings (SSSR count). The third-order valence-corrected chi connectivity index (χ3v) is 5.11.